The van der Waals surface area contributed by atoms with Gasteiger partial charge in [-0.25, -0.2) is 0 Å². The highest BCUT2D eigenvalue weighted by molar-refractivity contribution is 6.01. The Morgan fingerprint density at radius 1 is 1.42 bits per heavy atom. The highest BCUT2D eigenvalue weighted by Gasteiger charge is 2.13. The molecule has 126 valence electrons. The third-order valence-electron chi connectivity index (χ3n) is 3.17. The Bertz CT molecular complexity index is 699. The van der Waals surface area contributed by atoms with Gasteiger partial charge < -0.3 is 14.8 Å². The van der Waals surface area contributed by atoms with E-state index in [9.17, 15) is 10.1 Å². The molecule has 0 aromatic heterocycles. The van der Waals surface area contributed by atoms with E-state index in [1.54, 1.807) is 32.0 Å². The molecule has 1 rings (SSSR count). The van der Waals surface area contributed by atoms with E-state index in [0.29, 0.717) is 17.1 Å². The minimum Gasteiger partial charge on any atom is -0.496 e. The first-order valence-electron chi connectivity index (χ1n) is 7.43. The Labute approximate surface area is 142 Å². The number of methoxy groups -OCH3 is 1. The monoisotopic (exact) mass is 326 g/mol. The van der Waals surface area contributed by atoms with Gasteiger partial charge in [0.2, 0.25) is 0 Å². The molecule has 24 heavy (non-hydrogen) atoms. The second-order valence-electron chi connectivity index (χ2n) is 5.25. The maximum atomic E-state index is 12.2. The summed E-state index contributed by atoms with van der Waals surface area (Å²) in [6.45, 7) is 11.3. The topological polar surface area (TPSA) is 71.3 Å². The summed E-state index contributed by atoms with van der Waals surface area (Å²) >= 11 is 0. The van der Waals surface area contributed by atoms with Crippen LogP contribution in [-0.2, 0) is 9.53 Å². The van der Waals surface area contributed by atoms with Gasteiger partial charge in [0.05, 0.1) is 13.7 Å². The number of carbonyl (C=O) groups excluding carboxylic acids is 1. The van der Waals surface area contributed by atoms with Gasteiger partial charge >= 0.3 is 0 Å². The molecule has 1 aromatic rings. The minimum atomic E-state index is -0.472. The summed E-state index contributed by atoms with van der Waals surface area (Å²) in [5, 5.41) is 11.9. The lowest BCUT2D eigenvalue weighted by Crippen LogP contribution is -2.32. The SMILES string of the molecule is C=C(C)C(=C)OC(C)CNC(=O)/C(C#N)=C/c1ccccc1OC. The number of nitrogens with one attached hydrogen (secondary N) is 1. The second-order valence-corrected chi connectivity index (χ2v) is 5.25. The Balaban J connectivity index is 2.74. The van der Waals surface area contributed by atoms with Crippen molar-refractivity contribution in [1.82, 2.24) is 5.32 Å². The second kappa shape index (κ2) is 9.21. The molecule has 0 fully saturated rings. The lowest BCUT2D eigenvalue weighted by molar-refractivity contribution is -0.117. The van der Waals surface area contributed by atoms with E-state index in [-0.39, 0.29) is 18.2 Å². The lowest BCUT2D eigenvalue weighted by atomic mass is 10.1. The van der Waals surface area contributed by atoms with Crippen LogP contribution in [0, 0.1) is 11.3 Å². The highest BCUT2D eigenvalue weighted by Crippen LogP contribution is 2.20. The van der Waals surface area contributed by atoms with Crippen LogP contribution in [0.4, 0.5) is 0 Å². The van der Waals surface area contributed by atoms with Crippen molar-refractivity contribution in [3.63, 3.8) is 0 Å². The maximum absolute atomic E-state index is 12.2. The van der Waals surface area contributed by atoms with Gasteiger partial charge in [-0.3, -0.25) is 4.79 Å². The van der Waals surface area contributed by atoms with Crippen molar-refractivity contribution in [2.24, 2.45) is 0 Å². The number of amides is 1. The predicted molar refractivity (Wildman–Crippen MR) is 94.1 cm³/mol. The Kier molecular flexibility index (Phi) is 7.31. The van der Waals surface area contributed by atoms with Crippen LogP contribution >= 0.6 is 0 Å². The van der Waals surface area contributed by atoms with Crippen LogP contribution in [0.5, 0.6) is 5.75 Å². The molecule has 0 aliphatic heterocycles. The summed E-state index contributed by atoms with van der Waals surface area (Å²) in [6.07, 6.45) is 1.20. The minimum absolute atomic E-state index is 0.00886. The molecule has 5 heteroatoms. The number of ether oxygens (including phenoxy) is 2. The number of allylic oxidation sites excluding steroid dienone is 1. The third kappa shape index (κ3) is 5.65. The van der Waals surface area contributed by atoms with Crippen molar-refractivity contribution in [2.75, 3.05) is 13.7 Å². The average Bonchev–Trinajstić information content (AvgIpc) is 2.57. The van der Waals surface area contributed by atoms with Crippen LogP contribution in [0.2, 0.25) is 0 Å². The number of para-hydroxylation sites is 1. The molecule has 1 aromatic carbocycles. The van der Waals surface area contributed by atoms with E-state index in [1.165, 1.54) is 13.2 Å². The summed E-state index contributed by atoms with van der Waals surface area (Å²) < 4.78 is 10.7. The Hall–Kier alpha value is -3.00. The van der Waals surface area contributed by atoms with Crippen LogP contribution < -0.4 is 10.1 Å². The zero-order valence-electron chi connectivity index (χ0n) is 14.3. The van der Waals surface area contributed by atoms with Crippen molar-refractivity contribution in [3.8, 4) is 11.8 Å². The van der Waals surface area contributed by atoms with Gasteiger partial charge in [0.15, 0.2) is 0 Å². The standard InChI is InChI=1S/C19H22N2O3/c1-13(2)15(4)24-14(3)12-21-19(22)17(11-20)10-16-8-6-7-9-18(16)23-5/h6-10,14H,1,4,12H2,2-3,5H3,(H,21,22)/b17-10+. The molecule has 0 saturated heterocycles. The largest absolute Gasteiger partial charge is 0.496 e. The van der Waals surface area contributed by atoms with Crippen molar-refractivity contribution < 1.29 is 14.3 Å². The Morgan fingerprint density at radius 3 is 2.67 bits per heavy atom. The van der Waals surface area contributed by atoms with Gasteiger partial charge in [-0.05, 0) is 31.6 Å². The Morgan fingerprint density at radius 2 is 2.08 bits per heavy atom. The van der Waals surface area contributed by atoms with Gasteiger partial charge in [-0.1, -0.05) is 31.4 Å². The molecule has 1 unspecified atom stereocenters. The fourth-order valence-corrected chi connectivity index (χ4v) is 1.81. The molecule has 1 amide bonds. The normalized spacial score (nSPS) is 11.8. The summed E-state index contributed by atoms with van der Waals surface area (Å²) in [4.78, 5) is 12.2. The number of benzene rings is 1. The zero-order valence-corrected chi connectivity index (χ0v) is 14.3. The summed E-state index contributed by atoms with van der Waals surface area (Å²) in [7, 11) is 1.53. The summed E-state index contributed by atoms with van der Waals surface area (Å²) in [5.74, 6) is 0.592. The van der Waals surface area contributed by atoms with E-state index in [2.05, 4.69) is 18.5 Å². The molecule has 0 heterocycles. The molecule has 0 saturated carbocycles. The molecule has 0 radical (unpaired) electrons. The summed E-state index contributed by atoms with van der Waals surface area (Å²) in [6, 6.07) is 9.06. The van der Waals surface area contributed by atoms with Gasteiger partial charge in [-0.2, -0.15) is 5.26 Å². The van der Waals surface area contributed by atoms with E-state index in [4.69, 9.17) is 9.47 Å². The van der Waals surface area contributed by atoms with E-state index >= 15 is 0 Å². The quantitative estimate of drug-likeness (QED) is 0.345. The van der Waals surface area contributed by atoms with Crippen LogP contribution in [0.15, 0.2) is 54.3 Å². The first-order valence-corrected chi connectivity index (χ1v) is 7.43. The van der Waals surface area contributed by atoms with Crippen LogP contribution in [0.1, 0.15) is 19.4 Å². The summed E-state index contributed by atoms with van der Waals surface area (Å²) in [5.41, 5.74) is 1.37. The molecule has 0 aliphatic carbocycles. The van der Waals surface area contributed by atoms with E-state index < -0.39 is 5.91 Å². The number of carbonyl (C=O) groups is 1. The fourth-order valence-electron chi connectivity index (χ4n) is 1.81. The van der Waals surface area contributed by atoms with Crippen molar-refractivity contribution >= 4 is 12.0 Å². The average molecular weight is 326 g/mol. The van der Waals surface area contributed by atoms with Gasteiger partial charge in [-0.15, -0.1) is 0 Å². The van der Waals surface area contributed by atoms with Crippen LogP contribution in [0.3, 0.4) is 0 Å². The number of nitrogens with zero attached hydrogens (tertiary/aromatic N) is 1. The van der Waals surface area contributed by atoms with Gasteiger partial charge in [0.25, 0.3) is 5.91 Å². The van der Waals surface area contributed by atoms with Gasteiger partial charge in [0, 0.05) is 5.56 Å². The number of rotatable bonds is 8. The van der Waals surface area contributed by atoms with Crippen molar-refractivity contribution in [3.05, 3.63) is 59.9 Å². The van der Waals surface area contributed by atoms with Crippen molar-refractivity contribution in [2.45, 2.75) is 20.0 Å². The van der Waals surface area contributed by atoms with E-state index in [1.807, 2.05) is 12.1 Å². The van der Waals surface area contributed by atoms with Crippen molar-refractivity contribution in [1.29, 1.82) is 5.26 Å². The number of hydrogen-bond acceptors (Lipinski definition) is 4. The fraction of sp³-hybridized carbons (Fsp3) is 0.263. The highest BCUT2D eigenvalue weighted by atomic mass is 16.5. The smallest absolute Gasteiger partial charge is 0.262 e. The molecule has 0 bridgehead atoms. The maximum Gasteiger partial charge on any atom is 0.262 e. The first kappa shape index (κ1) is 19.0. The van der Waals surface area contributed by atoms with E-state index in [0.717, 1.165) is 5.57 Å². The van der Waals surface area contributed by atoms with Gasteiger partial charge in [0.1, 0.15) is 29.3 Å². The molecule has 5 nitrogen and oxygen atoms in total. The molecule has 0 spiro atoms. The number of nitriles is 1. The molecular weight excluding hydrogens is 304 g/mol. The molecule has 1 atom stereocenters. The van der Waals surface area contributed by atoms with Crippen LogP contribution in [-0.4, -0.2) is 25.7 Å². The molecule has 0 aliphatic rings. The zero-order chi connectivity index (χ0) is 18.1. The molecule has 1 N–H and O–H groups in total. The third-order valence-corrected chi connectivity index (χ3v) is 3.17. The number of hydrogen-bond donors (Lipinski definition) is 1. The lowest BCUT2D eigenvalue weighted by Gasteiger charge is -2.17. The first-order chi connectivity index (χ1) is 11.4. The van der Waals surface area contributed by atoms with Crippen LogP contribution in [0.25, 0.3) is 6.08 Å². The predicted octanol–water partition coefficient (Wildman–Crippen LogP) is 3.21. The molecular formula is C19H22N2O3.